The molecule has 4 N–H and O–H groups in total. The van der Waals surface area contributed by atoms with Gasteiger partial charge in [0.25, 0.3) is 0 Å². The van der Waals surface area contributed by atoms with Crippen molar-refractivity contribution >= 4 is 48.4 Å². The van der Waals surface area contributed by atoms with E-state index in [1.54, 1.807) is 30.3 Å². The summed E-state index contributed by atoms with van der Waals surface area (Å²) in [7, 11) is -3.99. The van der Waals surface area contributed by atoms with Crippen LogP contribution >= 0.6 is 11.3 Å². The Labute approximate surface area is 217 Å². The van der Waals surface area contributed by atoms with Crippen LogP contribution in [-0.4, -0.2) is 32.4 Å². The van der Waals surface area contributed by atoms with Gasteiger partial charge < -0.3 is 20.6 Å². The van der Waals surface area contributed by atoms with Gasteiger partial charge in [0.2, 0.25) is 5.91 Å². The molecule has 2 aromatic carbocycles. The number of benzene rings is 2. The third-order valence-electron chi connectivity index (χ3n) is 5.39. The summed E-state index contributed by atoms with van der Waals surface area (Å²) >= 11 is 1.28. The lowest BCUT2D eigenvalue weighted by Gasteiger charge is -2.19. The van der Waals surface area contributed by atoms with Crippen molar-refractivity contribution in [2.24, 2.45) is 11.1 Å². The predicted molar refractivity (Wildman–Crippen MR) is 147 cm³/mol. The summed E-state index contributed by atoms with van der Waals surface area (Å²) in [5.41, 5.74) is 7.10. The molecule has 196 valence electrons. The molecule has 10 heteroatoms. The van der Waals surface area contributed by atoms with Crippen LogP contribution in [0.2, 0.25) is 0 Å². The van der Waals surface area contributed by atoms with E-state index in [0.717, 1.165) is 49.0 Å². The molecular formula is C26H36N4O4S2. The SMILES string of the molecule is CC(C)(C)CNc1ccc(S(=O)(=O)Oc2ccc3nc(NC(=O)CCCCCCCN)sc3c2)cc1. The van der Waals surface area contributed by atoms with E-state index in [4.69, 9.17) is 9.92 Å². The largest absolute Gasteiger partial charge is 0.385 e. The quantitative estimate of drug-likeness (QED) is 0.189. The van der Waals surface area contributed by atoms with Crippen LogP contribution in [0.15, 0.2) is 47.4 Å². The second kappa shape index (κ2) is 12.5. The minimum absolute atomic E-state index is 0.0733. The van der Waals surface area contributed by atoms with Gasteiger partial charge >= 0.3 is 10.1 Å². The van der Waals surface area contributed by atoms with Crippen LogP contribution in [0.4, 0.5) is 10.8 Å². The Morgan fingerprint density at radius 3 is 2.42 bits per heavy atom. The first-order valence-corrected chi connectivity index (χ1v) is 14.5. The van der Waals surface area contributed by atoms with Crippen molar-refractivity contribution in [2.45, 2.75) is 64.2 Å². The van der Waals surface area contributed by atoms with Gasteiger partial charge in [-0.2, -0.15) is 8.42 Å². The fourth-order valence-corrected chi connectivity index (χ4v) is 5.27. The Bertz CT molecular complexity index is 1250. The molecule has 3 aromatic rings. The number of hydrogen-bond donors (Lipinski definition) is 3. The average Bonchev–Trinajstić information content (AvgIpc) is 3.21. The minimum Gasteiger partial charge on any atom is -0.385 e. The number of unbranched alkanes of at least 4 members (excludes halogenated alkanes) is 4. The number of anilines is 2. The number of hydrogen-bond acceptors (Lipinski definition) is 8. The molecule has 1 amide bonds. The van der Waals surface area contributed by atoms with Crippen LogP contribution in [0.25, 0.3) is 10.2 Å². The van der Waals surface area contributed by atoms with E-state index in [1.165, 1.54) is 23.5 Å². The van der Waals surface area contributed by atoms with Gasteiger partial charge in [-0.05, 0) is 61.2 Å². The summed E-state index contributed by atoms with van der Waals surface area (Å²) < 4.78 is 31.7. The number of amides is 1. The zero-order valence-corrected chi connectivity index (χ0v) is 22.8. The predicted octanol–water partition coefficient (Wildman–Crippen LogP) is 5.76. The van der Waals surface area contributed by atoms with Crippen LogP contribution in [0, 0.1) is 5.41 Å². The molecule has 0 aliphatic carbocycles. The van der Waals surface area contributed by atoms with Crippen molar-refractivity contribution in [3.63, 3.8) is 0 Å². The fourth-order valence-electron chi connectivity index (χ4n) is 3.43. The topological polar surface area (TPSA) is 123 Å². The molecule has 0 fully saturated rings. The summed E-state index contributed by atoms with van der Waals surface area (Å²) in [6, 6.07) is 11.4. The molecule has 1 aromatic heterocycles. The van der Waals surface area contributed by atoms with Crippen molar-refractivity contribution in [3.05, 3.63) is 42.5 Å². The lowest BCUT2D eigenvalue weighted by molar-refractivity contribution is -0.116. The van der Waals surface area contributed by atoms with E-state index in [0.29, 0.717) is 23.6 Å². The number of thiazole rings is 1. The molecule has 3 rings (SSSR count). The third kappa shape index (κ3) is 8.76. The van der Waals surface area contributed by atoms with E-state index >= 15 is 0 Å². The highest BCUT2D eigenvalue weighted by molar-refractivity contribution is 7.87. The van der Waals surface area contributed by atoms with Gasteiger partial charge in [0.15, 0.2) is 5.13 Å². The maximum absolute atomic E-state index is 12.8. The smallest absolute Gasteiger partial charge is 0.339 e. The van der Waals surface area contributed by atoms with Gasteiger partial charge in [0.1, 0.15) is 10.6 Å². The van der Waals surface area contributed by atoms with Gasteiger partial charge in [-0.1, -0.05) is 51.4 Å². The molecule has 1 heterocycles. The minimum atomic E-state index is -3.99. The number of fused-ring (bicyclic) bond motifs is 1. The molecule has 8 nitrogen and oxygen atoms in total. The van der Waals surface area contributed by atoms with Crippen molar-refractivity contribution in [1.29, 1.82) is 0 Å². The first kappa shape index (κ1) is 27.9. The van der Waals surface area contributed by atoms with Gasteiger partial charge in [-0.3, -0.25) is 4.79 Å². The average molecular weight is 533 g/mol. The monoisotopic (exact) mass is 532 g/mol. The zero-order valence-electron chi connectivity index (χ0n) is 21.2. The lowest BCUT2D eigenvalue weighted by Crippen LogP contribution is -2.19. The Balaban J connectivity index is 1.58. The number of aromatic nitrogens is 1. The Morgan fingerprint density at radius 1 is 1.03 bits per heavy atom. The first-order valence-electron chi connectivity index (χ1n) is 12.2. The maximum Gasteiger partial charge on any atom is 0.339 e. The van der Waals surface area contributed by atoms with E-state index < -0.39 is 10.1 Å². The number of nitrogens with one attached hydrogen (secondary N) is 2. The molecule has 0 bridgehead atoms. The fraction of sp³-hybridized carbons (Fsp3) is 0.462. The van der Waals surface area contributed by atoms with E-state index in [-0.39, 0.29) is 22.0 Å². The molecule has 0 radical (unpaired) electrons. The van der Waals surface area contributed by atoms with Gasteiger partial charge in [0, 0.05) is 24.7 Å². The second-order valence-electron chi connectivity index (χ2n) is 9.98. The number of carbonyl (C=O) groups excluding carboxylic acids is 1. The van der Waals surface area contributed by atoms with E-state index in [2.05, 4.69) is 36.4 Å². The Kier molecular flexibility index (Phi) is 9.69. The number of carbonyl (C=O) groups is 1. The lowest BCUT2D eigenvalue weighted by atomic mass is 9.97. The Morgan fingerprint density at radius 2 is 1.72 bits per heavy atom. The number of rotatable bonds is 13. The third-order valence-corrected chi connectivity index (χ3v) is 7.58. The second-order valence-corrected chi connectivity index (χ2v) is 12.6. The van der Waals surface area contributed by atoms with Gasteiger partial charge in [-0.25, -0.2) is 4.98 Å². The summed E-state index contributed by atoms with van der Waals surface area (Å²) in [4.78, 5) is 16.7. The normalized spacial score (nSPS) is 12.0. The summed E-state index contributed by atoms with van der Waals surface area (Å²) in [5.74, 6) is 0.115. The van der Waals surface area contributed by atoms with Crippen molar-refractivity contribution in [2.75, 3.05) is 23.7 Å². The van der Waals surface area contributed by atoms with Gasteiger partial charge in [-0.15, -0.1) is 0 Å². The molecule has 0 atom stereocenters. The standard InChI is InChI=1S/C26H36N4O4S2/c1-26(2,3)18-28-19-10-13-21(14-11-19)36(32,33)34-20-12-15-22-23(17-20)35-25(29-22)30-24(31)9-7-5-4-6-8-16-27/h10-15,17,28H,4-9,16,18,27H2,1-3H3,(H,29,30,31). The molecule has 0 aliphatic heterocycles. The number of nitrogens with zero attached hydrogens (tertiary/aromatic N) is 1. The van der Waals surface area contributed by atoms with Crippen LogP contribution < -0.4 is 20.6 Å². The van der Waals surface area contributed by atoms with Crippen LogP contribution in [0.1, 0.15) is 59.3 Å². The van der Waals surface area contributed by atoms with Gasteiger partial charge in [0.05, 0.1) is 10.2 Å². The summed E-state index contributed by atoms with van der Waals surface area (Å²) in [6.07, 6.45) is 5.46. The van der Waals surface area contributed by atoms with Crippen LogP contribution in [0.3, 0.4) is 0 Å². The molecule has 0 saturated heterocycles. The molecule has 0 saturated carbocycles. The first-order chi connectivity index (χ1) is 17.1. The highest BCUT2D eigenvalue weighted by Crippen LogP contribution is 2.31. The van der Waals surface area contributed by atoms with E-state index in [1.807, 2.05) is 0 Å². The molecule has 0 aliphatic rings. The molecule has 36 heavy (non-hydrogen) atoms. The van der Waals surface area contributed by atoms with Crippen LogP contribution in [-0.2, 0) is 14.9 Å². The van der Waals surface area contributed by atoms with Crippen molar-refractivity contribution < 1.29 is 17.4 Å². The summed E-state index contributed by atoms with van der Waals surface area (Å²) in [5, 5.41) is 6.61. The summed E-state index contributed by atoms with van der Waals surface area (Å²) in [6.45, 7) is 7.84. The van der Waals surface area contributed by atoms with E-state index in [9.17, 15) is 13.2 Å². The van der Waals surface area contributed by atoms with Crippen molar-refractivity contribution in [3.8, 4) is 5.75 Å². The van der Waals surface area contributed by atoms with Crippen molar-refractivity contribution in [1.82, 2.24) is 4.98 Å². The number of nitrogens with two attached hydrogens (primary N) is 1. The Hall–Kier alpha value is -2.69. The highest BCUT2D eigenvalue weighted by atomic mass is 32.2. The molecule has 0 spiro atoms. The highest BCUT2D eigenvalue weighted by Gasteiger charge is 2.18. The molecular weight excluding hydrogens is 496 g/mol. The molecule has 0 unspecified atom stereocenters. The zero-order chi connectivity index (χ0) is 26.2. The maximum atomic E-state index is 12.8. The van der Waals surface area contributed by atoms with Crippen LogP contribution in [0.5, 0.6) is 5.75 Å².